The van der Waals surface area contributed by atoms with Crippen LogP contribution in [0.25, 0.3) is 22.9 Å². The molecule has 1 aliphatic carbocycles. The molecule has 2 nitrogen and oxygen atoms in total. The van der Waals surface area contributed by atoms with Crippen molar-refractivity contribution in [2.24, 2.45) is 0 Å². The topological polar surface area (TPSA) is 40.5 Å². The zero-order valence-corrected chi connectivity index (χ0v) is 13.7. The van der Waals surface area contributed by atoms with Gasteiger partial charge in [-0.05, 0) is 64.2 Å². The van der Waals surface area contributed by atoms with Crippen molar-refractivity contribution >= 4 is 22.9 Å². The highest BCUT2D eigenvalue weighted by Crippen LogP contribution is 2.31. The number of fused-ring (bicyclic) bond motifs is 2. The van der Waals surface area contributed by atoms with Gasteiger partial charge in [0.15, 0.2) is 0 Å². The van der Waals surface area contributed by atoms with Crippen LogP contribution in [0.15, 0.2) is 42.5 Å². The number of benzene rings is 3. The Labute approximate surface area is 141 Å². The van der Waals surface area contributed by atoms with E-state index in [2.05, 4.69) is 42.5 Å². The Bertz CT molecular complexity index is 1060. The summed E-state index contributed by atoms with van der Waals surface area (Å²) in [7, 11) is 0. The zero-order chi connectivity index (χ0) is 16.7. The minimum Gasteiger partial charge on any atom is -0.508 e. The molecule has 4 rings (SSSR count). The molecule has 0 fully saturated rings. The van der Waals surface area contributed by atoms with Crippen LogP contribution in [0.5, 0.6) is 11.5 Å². The molecular weight excluding hydrogens is 296 g/mol. The zero-order valence-electron chi connectivity index (χ0n) is 13.7. The van der Waals surface area contributed by atoms with Crippen molar-refractivity contribution < 1.29 is 10.2 Å². The first-order valence-corrected chi connectivity index (χ1v) is 8.36. The van der Waals surface area contributed by atoms with Gasteiger partial charge in [-0.15, -0.1) is 0 Å². The van der Waals surface area contributed by atoms with E-state index in [9.17, 15) is 10.2 Å². The predicted molar refractivity (Wildman–Crippen MR) is 98.7 cm³/mol. The fraction of sp³-hybridized carbons (Fsp3) is 0.182. The van der Waals surface area contributed by atoms with Crippen LogP contribution in [0.4, 0.5) is 0 Å². The highest BCUT2D eigenvalue weighted by atomic mass is 16.3. The maximum Gasteiger partial charge on any atom is 0.125 e. The smallest absolute Gasteiger partial charge is 0.125 e. The average Bonchev–Trinajstić information content (AvgIpc) is 2.61. The van der Waals surface area contributed by atoms with Gasteiger partial charge in [0.05, 0.1) is 0 Å². The van der Waals surface area contributed by atoms with Crippen molar-refractivity contribution in [3.63, 3.8) is 0 Å². The van der Waals surface area contributed by atoms with Gasteiger partial charge in [-0.2, -0.15) is 0 Å². The minimum absolute atomic E-state index is 0.135. The molecule has 0 radical (unpaired) electrons. The molecule has 0 unspecified atom stereocenters. The Hall–Kier alpha value is -2.74. The van der Waals surface area contributed by atoms with Gasteiger partial charge in [0.2, 0.25) is 0 Å². The summed E-state index contributed by atoms with van der Waals surface area (Å²) < 4.78 is 0. The Morgan fingerprint density at radius 3 is 2.62 bits per heavy atom. The molecule has 24 heavy (non-hydrogen) atoms. The molecule has 0 aromatic heterocycles. The summed E-state index contributed by atoms with van der Waals surface area (Å²) in [4.78, 5) is 0. The summed E-state index contributed by atoms with van der Waals surface area (Å²) in [5, 5.41) is 25.2. The third-order valence-corrected chi connectivity index (χ3v) is 4.97. The SMILES string of the molecule is Cc1c(O)ccc(Cc2c3c(cc4ccccc24)=CCCC=3)c1O. The molecule has 0 saturated carbocycles. The Morgan fingerprint density at radius 2 is 1.75 bits per heavy atom. The summed E-state index contributed by atoms with van der Waals surface area (Å²) in [6, 6.07) is 14.2. The van der Waals surface area contributed by atoms with Crippen LogP contribution in [-0.2, 0) is 6.42 Å². The van der Waals surface area contributed by atoms with Gasteiger partial charge in [0, 0.05) is 12.0 Å². The first-order chi connectivity index (χ1) is 11.6. The van der Waals surface area contributed by atoms with Crippen molar-refractivity contribution in [2.75, 3.05) is 0 Å². The molecule has 2 heteroatoms. The molecule has 0 heterocycles. The van der Waals surface area contributed by atoms with E-state index in [1.807, 2.05) is 6.07 Å². The molecule has 120 valence electrons. The van der Waals surface area contributed by atoms with Crippen molar-refractivity contribution in [1.82, 2.24) is 0 Å². The first-order valence-electron chi connectivity index (χ1n) is 8.36. The lowest BCUT2D eigenvalue weighted by molar-refractivity contribution is 0.439. The number of rotatable bonds is 2. The second kappa shape index (κ2) is 5.72. The Kier molecular flexibility index (Phi) is 3.53. The summed E-state index contributed by atoms with van der Waals surface area (Å²) in [6.07, 6.45) is 7.39. The van der Waals surface area contributed by atoms with Crippen LogP contribution in [0.2, 0.25) is 0 Å². The van der Waals surface area contributed by atoms with Crippen LogP contribution >= 0.6 is 0 Å². The van der Waals surface area contributed by atoms with E-state index in [0.717, 1.165) is 18.4 Å². The third kappa shape index (κ3) is 2.35. The molecule has 1 aliphatic rings. The fourth-order valence-electron chi connectivity index (χ4n) is 3.61. The van der Waals surface area contributed by atoms with E-state index in [1.54, 1.807) is 13.0 Å². The van der Waals surface area contributed by atoms with Gasteiger partial charge >= 0.3 is 0 Å². The lowest BCUT2D eigenvalue weighted by Crippen LogP contribution is -2.31. The van der Waals surface area contributed by atoms with Crippen molar-refractivity contribution in [3.05, 3.63) is 69.6 Å². The quantitative estimate of drug-likeness (QED) is 0.759. The van der Waals surface area contributed by atoms with E-state index in [1.165, 1.54) is 26.8 Å². The molecule has 0 bridgehead atoms. The molecular formula is C22H20O2. The summed E-state index contributed by atoms with van der Waals surface area (Å²) >= 11 is 0. The number of phenolic OH excluding ortho intramolecular Hbond substituents is 2. The first kappa shape index (κ1) is 14.8. The maximum atomic E-state index is 10.4. The van der Waals surface area contributed by atoms with Gasteiger partial charge in [-0.1, -0.05) is 42.5 Å². The highest BCUT2D eigenvalue weighted by Gasteiger charge is 2.13. The Balaban J connectivity index is 1.99. The van der Waals surface area contributed by atoms with E-state index >= 15 is 0 Å². The van der Waals surface area contributed by atoms with E-state index in [0.29, 0.717) is 12.0 Å². The van der Waals surface area contributed by atoms with Crippen molar-refractivity contribution in [3.8, 4) is 11.5 Å². The average molecular weight is 316 g/mol. The largest absolute Gasteiger partial charge is 0.508 e. The van der Waals surface area contributed by atoms with Crippen LogP contribution in [-0.4, -0.2) is 10.2 Å². The minimum atomic E-state index is 0.135. The second-order valence-electron chi connectivity index (χ2n) is 6.46. The monoisotopic (exact) mass is 316 g/mol. The standard InChI is InChI=1S/C22H20O2/c1-14-21(23)11-10-17(22(14)24)13-20-18-8-4-2-6-15(18)12-16-7-3-5-9-19(16)20/h2,4,6-12,23-24H,3,5,13H2,1H3. The summed E-state index contributed by atoms with van der Waals surface area (Å²) in [6.45, 7) is 1.74. The molecule has 0 amide bonds. The van der Waals surface area contributed by atoms with Gasteiger partial charge < -0.3 is 10.2 Å². The normalized spacial score (nSPS) is 13.2. The number of hydrogen-bond acceptors (Lipinski definition) is 2. The van der Waals surface area contributed by atoms with Crippen molar-refractivity contribution in [2.45, 2.75) is 26.2 Å². The molecule has 3 aromatic rings. The number of hydrogen-bond donors (Lipinski definition) is 2. The van der Waals surface area contributed by atoms with Gasteiger partial charge in [0.1, 0.15) is 11.5 Å². The van der Waals surface area contributed by atoms with Gasteiger partial charge in [0.25, 0.3) is 0 Å². The lowest BCUT2D eigenvalue weighted by Gasteiger charge is -2.14. The highest BCUT2D eigenvalue weighted by molar-refractivity contribution is 5.87. The Morgan fingerprint density at radius 1 is 0.958 bits per heavy atom. The van der Waals surface area contributed by atoms with Crippen molar-refractivity contribution in [1.29, 1.82) is 0 Å². The molecule has 0 spiro atoms. The third-order valence-electron chi connectivity index (χ3n) is 4.97. The van der Waals surface area contributed by atoms with Crippen LogP contribution in [0.1, 0.15) is 29.5 Å². The molecule has 0 aliphatic heterocycles. The molecule has 3 aromatic carbocycles. The lowest BCUT2D eigenvalue weighted by atomic mass is 9.91. The second-order valence-corrected chi connectivity index (χ2v) is 6.46. The van der Waals surface area contributed by atoms with Gasteiger partial charge in [-0.3, -0.25) is 0 Å². The van der Waals surface area contributed by atoms with E-state index in [-0.39, 0.29) is 11.5 Å². The van der Waals surface area contributed by atoms with E-state index < -0.39 is 0 Å². The summed E-state index contributed by atoms with van der Waals surface area (Å²) in [5.74, 6) is 0.326. The summed E-state index contributed by atoms with van der Waals surface area (Å²) in [5.41, 5.74) is 2.64. The number of phenols is 2. The fourth-order valence-corrected chi connectivity index (χ4v) is 3.61. The van der Waals surface area contributed by atoms with Crippen LogP contribution < -0.4 is 10.4 Å². The van der Waals surface area contributed by atoms with Crippen LogP contribution in [0, 0.1) is 6.92 Å². The molecule has 0 atom stereocenters. The number of aromatic hydroxyl groups is 2. The van der Waals surface area contributed by atoms with Gasteiger partial charge in [-0.25, -0.2) is 0 Å². The van der Waals surface area contributed by atoms with Crippen LogP contribution in [0.3, 0.4) is 0 Å². The van der Waals surface area contributed by atoms with E-state index in [4.69, 9.17) is 0 Å². The molecule has 0 saturated heterocycles. The molecule has 2 N–H and O–H groups in total. The predicted octanol–water partition coefficient (Wildman–Crippen LogP) is 3.51. The maximum absolute atomic E-state index is 10.4.